The second-order valence-electron chi connectivity index (χ2n) is 8.72. The van der Waals surface area contributed by atoms with E-state index in [1.807, 2.05) is 24.3 Å². The first-order chi connectivity index (χ1) is 18.9. The van der Waals surface area contributed by atoms with Crippen LogP contribution in [0.2, 0.25) is 5.02 Å². The van der Waals surface area contributed by atoms with Crippen LogP contribution in [0.15, 0.2) is 48.6 Å². The molecule has 1 aliphatic rings. The van der Waals surface area contributed by atoms with Crippen molar-refractivity contribution in [3.05, 3.63) is 63.7 Å². The number of amides is 1. The largest absolute Gasteiger partial charge is 0.493 e. The van der Waals surface area contributed by atoms with Crippen LogP contribution in [-0.4, -0.2) is 43.8 Å². The van der Waals surface area contributed by atoms with Crippen molar-refractivity contribution in [1.29, 1.82) is 0 Å². The van der Waals surface area contributed by atoms with Gasteiger partial charge in [0.1, 0.15) is 12.3 Å². The zero-order chi connectivity index (χ0) is 29.0. The Balaban J connectivity index is 0.000000594. The number of nitrogens with zero attached hydrogens (tertiary/aromatic N) is 1. The summed E-state index contributed by atoms with van der Waals surface area (Å²) in [6, 6.07) is 7.55. The van der Waals surface area contributed by atoms with Crippen LogP contribution >= 0.6 is 11.6 Å². The van der Waals surface area contributed by atoms with Gasteiger partial charge >= 0.3 is 5.97 Å². The predicted octanol–water partition coefficient (Wildman–Crippen LogP) is 6.87. The SMILES string of the molecule is CC/C=C\CCCC.Clc1cccc(OCC/C=C/C2CCCC2)c1.O=CNCC(=O)OCCCO[N+](=O)[O-]. The number of hydrogen-bond acceptors (Lipinski definition) is 7. The average molecular weight is 569 g/mol. The van der Waals surface area contributed by atoms with Gasteiger partial charge in [0.15, 0.2) is 0 Å². The smallest absolute Gasteiger partial charge is 0.325 e. The molecule has 2 rings (SSSR count). The van der Waals surface area contributed by atoms with Gasteiger partial charge in [0.2, 0.25) is 6.41 Å². The van der Waals surface area contributed by atoms with E-state index in [-0.39, 0.29) is 26.2 Å². The maximum atomic E-state index is 10.7. The van der Waals surface area contributed by atoms with Crippen LogP contribution in [0.4, 0.5) is 0 Å². The third kappa shape index (κ3) is 25.0. The summed E-state index contributed by atoms with van der Waals surface area (Å²) < 4.78 is 10.2. The summed E-state index contributed by atoms with van der Waals surface area (Å²) in [5.41, 5.74) is 0. The van der Waals surface area contributed by atoms with E-state index < -0.39 is 11.1 Å². The number of carbonyl (C=O) groups excluding carboxylic acids is 2. The maximum Gasteiger partial charge on any atom is 0.325 e. The van der Waals surface area contributed by atoms with E-state index >= 15 is 0 Å². The van der Waals surface area contributed by atoms with Gasteiger partial charge in [0.05, 0.1) is 19.8 Å². The Hall–Kier alpha value is -3.07. The van der Waals surface area contributed by atoms with E-state index in [1.165, 1.54) is 51.4 Å². The lowest BCUT2D eigenvalue weighted by Gasteiger charge is -2.05. The topological polar surface area (TPSA) is 117 Å². The molecule has 0 spiro atoms. The van der Waals surface area contributed by atoms with Crippen molar-refractivity contribution in [3.63, 3.8) is 0 Å². The van der Waals surface area contributed by atoms with Crippen LogP contribution in [0.5, 0.6) is 5.75 Å². The number of nitrogens with one attached hydrogen (secondary N) is 1. The van der Waals surface area contributed by atoms with E-state index in [1.54, 1.807) is 0 Å². The quantitative estimate of drug-likeness (QED) is 0.0544. The fourth-order valence-electron chi connectivity index (χ4n) is 3.41. The van der Waals surface area contributed by atoms with E-state index in [0.29, 0.717) is 6.41 Å². The highest BCUT2D eigenvalue weighted by atomic mass is 35.5. The van der Waals surface area contributed by atoms with Gasteiger partial charge in [-0.15, -0.1) is 10.1 Å². The van der Waals surface area contributed by atoms with E-state index in [9.17, 15) is 19.7 Å². The number of ether oxygens (including phenoxy) is 2. The molecule has 0 aliphatic heterocycles. The lowest BCUT2D eigenvalue weighted by atomic mass is 10.1. The number of halogens is 1. The molecule has 39 heavy (non-hydrogen) atoms. The Bertz CT molecular complexity index is 828. The fraction of sp³-hybridized carbons (Fsp3) is 0.586. The molecule has 220 valence electrons. The lowest BCUT2D eigenvalue weighted by molar-refractivity contribution is -0.757. The molecule has 0 heterocycles. The van der Waals surface area contributed by atoms with Crippen LogP contribution in [0.1, 0.15) is 78.1 Å². The Morgan fingerprint density at radius 1 is 1.10 bits per heavy atom. The van der Waals surface area contributed by atoms with Gasteiger partial charge in [-0.05, 0) is 56.2 Å². The molecule has 0 unspecified atom stereocenters. The Morgan fingerprint density at radius 3 is 2.51 bits per heavy atom. The molecular weight excluding hydrogens is 524 g/mol. The minimum absolute atomic E-state index is 0.0210. The van der Waals surface area contributed by atoms with Crippen molar-refractivity contribution in [3.8, 4) is 5.75 Å². The van der Waals surface area contributed by atoms with Gasteiger partial charge in [-0.2, -0.15) is 0 Å². The second-order valence-corrected chi connectivity index (χ2v) is 9.16. The molecule has 1 aliphatic carbocycles. The molecule has 1 N–H and O–H groups in total. The molecule has 1 aromatic carbocycles. The van der Waals surface area contributed by atoms with Crippen molar-refractivity contribution >= 4 is 24.0 Å². The van der Waals surface area contributed by atoms with Crippen LogP contribution in [-0.2, 0) is 19.2 Å². The van der Waals surface area contributed by atoms with Gasteiger partial charge in [-0.1, -0.05) is 81.5 Å². The number of benzene rings is 1. The Labute approximate surface area is 238 Å². The summed E-state index contributed by atoms with van der Waals surface area (Å²) in [6.45, 7) is 4.81. The highest BCUT2D eigenvalue weighted by molar-refractivity contribution is 6.30. The number of unbranched alkanes of at least 4 members (excludes halogenated alkanes) is 2. The van der Waals surface area contributed by atoms with Crippen LogP contribution < -0.4 is 10.1 Å². The number of hydrogen-bond donors (Lipinski definition) is 1. The fourth-order valence-corrected chi connectivity index (χ4v) is 3.59. The number of rotatable bonds is 17. The molecule has 0 aromatic heterocycles. The standard InChI is InChI=1S/C15H19ClO.C8H16.C6H10N2O6/c16-14-9-5-10-15(12-14)17-11-4-3-8-13-6-1-2-7-13;1-3-5-7-8-6-4-2;9-5-7-4-6(10)13-2-1-3-14-8(11)12/h3,5,8-10,12-13H,1-2,4,6-7,11H2;5,7H,3-4,6,8H2,1-2H3;5H,1-4H2,(H,7,9)/b8-3+;7-5-;. The summed E-state index contributed by atoms with van der Waals surface area (Å²) >= 11 is 5.88. The molecule has 0 radical (unpaired) electrons. The highest BCUT2D eigenvalue weighted by Gasteiger charge is 2.10. The molecule has 1 aromatic rings. The van der Waals surface area contributed by atoms with Crippen molar-refractivity contribution in [2.24, 2.45) is 5.92 Å². The number of carbonyl (C=O) groups is 2. The first-order valence-electron chi connectivity index (χ1n) is 13.7. The second kappa shape index (κ2) is 26.5. The zero-order valence-electron chi connectivity index (χ0n) is 23.4. The van der Waals surface area contributed by atoms with Gasteiger partial charge in [-0.3, -0.25) is 9.59 Å². The van der Waals surface area contributed by atoms with Gasteiger partial charge < -0.3 is 19.6 Å². The molecule has 9 nitrogen and oxygen atoms in total. The number of esters is 1. The molecular formula is C29H45ClN2O7. The van der Waals surface area contributed by atoms with Crippen molar-refractivity contribution in [2.75, 3.05) is 26.4 Å². The summed E-state index contributed by atoms with van der Waals surface area (Å²) in [6.07, 6.45) is 21.3. The lowest BCUT2D eigenvalue weighted by Crippen LogP contribution is -2.23. The Kier molecular flexibility index (Phi) is 24.4. The van der Waals surface area contributed by atoms with Crippen LogP contribution in [0.25, 0.3) is 0 Å². The van der Waals surface area contributed by atoms with Gasteiger partial charge in [0, 0.05) is 11.4 Å². The monoisotopic (exact) mass is 568 g/mol. The minimum Gasteiger partial charge on any atom is -0.493 e. The third-order valence-corrected chi connectivity index (χ3v) is 5.60. The summed E-state index contributed by atoms with van der Waals surface area (Å²) in [7, 11) is 0. The summed E-state index contributed by atoms with van der Waals surface area (Å²) in [5, 5.41) is 11.6. The molecule has 1 amide bonds. The summed E-state index contributed by atoms with van der Waals surface area (Å²) in [5.74, 6) is 1.08. The van der Waals surface area contributed by atoms with Gasteiger partial charge in [0.25, 0.3) is 5.09 Å². The summed E-state index contributed by atoms with van der Waals surface area (Å²) in [4.78, 5) is 34.1. The zero-order valence-corrected chi connectivity index (χ0v) is 24.1. The normalized spacial score (nSPS) is 12.7. The average Bonchev–Trinajstić information content (AvgIpc) is 3.44. The Morgan fingerprint density at radius 2 is 1.87 bits per heavy atom. The first-order valence-corrected chi connectivity index (χ1v) is 14.1. The molecule has 1 saturated carbocycles. The predicted molar refractivity (Wildman–Crippen MR) is 154 cm³/mol. The van der Waals surface area contributed by atoms with Gasteiger partial charge in [-0.25, -0.2) is 0 Å². The molecule has 1 fully saturated rings. The van der Waals surface area contributed by atoms with Crippen molar-refractivity contribution in [1.82, 2.24) is 5.32 Å². The van der Waals surface area contributed by atoms with E-state index in [4.69, 9.17) is 16.3 Å². The van der Waals surface area contributed by atoms with Crippen molar-refractivity contribution in [2.45, 2.75) is 78.1 Å². The third-order valence-electron chi connectivity index (χ3n) is 5.36. The molecule has 10 heteroatoms. The molecule has 0 saturated heterocycles. The van der Waals surface area contributed by atoms with E-state index in [2.05, 4.69) is 53.0 Å². The van der Waals surface area contributed by atoms with E-state index in [0.717, 1.165) is 29.7 Å². The maximum absolute atomic E-state index is 10.7. The van der Waals surface area contributed by atoms with Crippen LogP contribution in [0.3, 0.4) is 0 Å². The highest BCUT2D eigenvalue weighted by Crippen LogP contribution is 2.25. The minimum atomic E-state index is -0.921. The van der Waals surface area contributed by atoms with Crippen molar-refractivity contribution < 1.29 is 29.0 Å². The molecule has 0 atom stereocenters. The number of allylic oxidation sites excluding steroid dienone is 3. The van der Waals surface area contributed by atoms with Crippen LogP contribution in [0, 0.1) is 16.0 Å². The first kappa shape index (κ1) is 35.9. The molecule has 0 bridgehead atoms.